The van der Waals surface area contributed by atoms with Crippen LogP contribution in [0.2, 0.25) is 0 Å². The van der Waals surface area contributed by atoms with Gasteiger partial charge in [-0.2, -0.15) is 0 Å². The van der Waals surface area contributed by atoms with Crippen molar-refractivity contribution in [2.24, 2.45) is 5.92 Å². The number of anilines is 1. The third-order valence-electron chi connectivity index (χ3n) is 4.05. The van der Waals surface area contributed by atoms with Crippen molar-refractivity contribution in [3.63, 3.8) is 0 Å². The molecule has 8 heteroatoms. The Balaban J connectivity index is 3.32. The minimum absolute atomic E-state index is 0.225. The van der Waals surface area contributed by atoms with Gasteiger partial charge in [-0.1, -0.05) is 19.9 Å². The van der Waals surface area contributed by atoms with Gasteiger partial charge in [0.2, 0.25) is 5.91 Å². The second-order valence-corrected chi connectivity index (χ2v) is 7.25. The molecule has 1 aromatic carbocycles. The predicted octanol–water partition coefficient (Wildman–Crippen LogP) is 2.30. The highest BCUT2D eigenvalue weighted by Gasteiger charge is 2.35. The van der Waals surface area contributed by atoms with Crippen LogP contribution in [0, 0.1) is 5.92 Å². The van der Waals surface area contributed by atoms with Crippen LogP contribution in [0.4, 0.5) is 5.69 Å². The Kier molecular flexibility index (Phi) is 8.10. The highest BCUT2D eigenvalue weighted by Crippen LogP contribution is 2.25. The largest absolute Gasteiger partial charge is 0.480 e. The number of hydrogen-bond acceptors (Lipinski definition) is 5. The summed E-state index contributed by atoms with van der Waals surface area (Å²) in [5.74, 6) is -2.91. The average Bonchev–Trinajstić information content (AvgIpc) is 2.58. The lowest BCUT2D eigenvalue weighted by molar-refractivity contribution is -0.141. The fourth-order valence-corrected chi connectivity index (χ4v) is 2.91. The van der Waals surface area contributed by atoms with Gasteiger partial charge in [-0.05, 0) is 44.2 Å². The third kappa shape index (κ3) is 5.47. The van der Waals surface area contributed by atoms with Gasteiger partial charge in [0, 0.05) is 10.6 Å². The Morgan fingerprint density at radius 1 is 1.08 bits per heavy atom. The van der Waals surface area contributed by atoms with Gasteiger partial charge in [0.15, 0.2) is 0 Å². The Morgan fingerprint density at radius 2 is 1.69 bits per heavy atom. The Morgan fingerprint density at radius 3 is 2.15 bits per heavy atom. The van der Waals surface area contributed by atoms with Gasteiger partial charge < -0.3 is 10.2 Å². The molecule has 7 nitrogen and oxygen atoms in total. The van der Waals surface area contributed by atoms with Crippen molar-refractivity contribution in [1.29, 1.82) is 0 Å². The van der Waals surface area contributed by atoms with Crippen LogP contribution in [-0.4, -0.2) is 52.4 Å². The molecule has 0 spiro atoms. The van der Waals surface area contributed by atoms with E-state index in [9.17, 15) is 19.5 Å². The molecule has 0 aromatic heterocycles. The number of amides is 1. The summed E-state index contributed by atoms with van der Waals surface area (Å²) >= 11 is 1.48. The van der Waals surface area contributed by atoms with E-state index in [1.807, 2.05) is 12.3 Å². The van der Waals surface area contributed by atoms with E-state index in [4.69, 9.17) is 5.11 Å². The number of hydrogen-bond donors (Lipinski definition) is 3. The quantitative estimate of drug-likeness (QED) is 0.563. The summed E-state index contributed by atoms with van der Waals surface area (Å²) < 4.78 is 0. The summed E-state index contributed by atoms with van der Waals surface area (Å²) in [5, 5.41) is 21.4. The molecule has 3 atom stereocenters. The van der Waals surface area contributed by atoms with E-state index in [0.717, 1.165) is 4.90 Å². The van der Waals surface area contributed by atoms with Crippen LogP contribution in [0.15, 0.2) is 29.2 Å². The number of thioether (sulfide) groups is 1. The van der Waals surface area contributed by atoms with Crippen LogP contribution in [0.3, 0.4) is 0 Å². The number of carboxylic acid groups (broad SMARTS) is 2. The van der Waals surface area contributed by atoms with Crippen LogP contribution >= 0.6 is 11.8 Å². The fraction of sp³-hybridized carbons (Fsp3) is 0.500. The average molecular weight is 382 g/mol. The molecule has 0 heterocycles. The first-order chi connectivity index (χ1) is 12.1. The monoisotopic (exact) mass is 382 g/mol. The summed E-state index contributed by atoms with van der Waals surface area (Å²) in [5.41, 5.74) is 0.465. The van der Waals surface area contributed by atoms with Crippen molar-refractivity contribution in [3.8, 4) is 0 Å². The van der Waals surface area contributed by atoms with Gasteiger partial charge in [-0.3, -0.25) is 19.8 Å². The van der Waals surface area contributed by atoms with Gasteiger partial charge >= 0.3 is 11.9 Å². The lowest BCUT2D eigenvalue weighted by Gasteiger charge is -2.33. The van der Waals surface area contributed by atoms with Crippen molar-refractivity contribution in [1.82, 2.24) is 5.32 Å². The maximum absolute atomic E-state index is 13.2. The zero-order valence-electron chi connectivity index (χ0n) is 15.6. The lowest BCUT2D eigenvalue weighted by Crippen LogP contribution is -2.56. The normalized spacial score (nSPS) is 14.5. The molecule has 1 amide bonds. The third-order valence-corrected chi connectivity index (χ3v) is 4.77. The number of nitrogens with zero attached hydrogens (tertiary/aromatic N) is 1. The van der Waals surface area contributed by atoms with Crippen molar-refractivity contribution in [2.45, 2.75) is 50.7 Å². The summed E-state index contributed by atoms with van der Waals surface area (Å²) in [4.78, 5) is 38.0. The summed E-state index contributed by atoms with van der Waals surface area (Å²) in [7, 11) is 0. The summed E-state index contributed by atoms with van der Waals surface area (Å²) in [6, 6.07) is 4.19. The minimum Gasteiger partial charge on any atom is -0.480 e. The molecule has 0 bridgehead atoms. The highest BCUT2D eigenvalue weighted by molar-refractivity contribution is 7.98. The first kappa shape index (κ1) is 22.0. The molecule has 0 saturated carbocycles. The smallest absolute Gasteiger partial charge is 0.326 e. The molecule has 26 heavy (non-hydrogen) atoms. The van der Waals surface area contributed by atoms with Crippen molar-refractivity contribution >= 4 is 35.3 Å². The molecule has 0 aliphatic carbocycles. The molecule has 0 unspecified atom stereocenters. The molecule has 0 fully saturated rings. The zero-order chi connectivity index (χ0) is 20.0. The first-order valence-corrected chi connectivity index (χ1v) is 9.51. The lowest BCUT2D eigenvalue weighted by atomic mass is 10.00. The Bertz CT molecular complexity index is 665. The molecule has 0 saturated heterocycles. The van der Waals surface area contributed by atoms with E-state index >= 15 is 0 Å². The molecule has 0 aliphatic heterocycles. The number of rotatable bonds is 9. The molecule has 0 radical (unpaired) electrons. The second kappa shape index (κ2) is 9.59. The standard InChI is InChI=1S/C18H26N2O5S/c1-10(2)15(19-11(3)17(22)23)16(21)20(12(4)18(24)25)13-7-6-8-14(9-13)26-5/h6-12,15,19H,1-5H3,(H,22,23)(H,24,25)/t11-,12-,15-/m0/s1. The molecular formula is C18H26N2O5S. The van der Waals surface area contributed by atoms with E-state index in [2.05, 4.69) is 5.32 Å². The summed E-state index contributed by atoms with van der Waals surface area (Å²) in [6.45, 7) is 6.45. The van der Waals surface area contributed by atoms with E-state index in [1.165, 1.54) is 30.5 Å². The van der Waals surface area contributed by atoms with Crippen LogP contribution < -0.4 is 10.2 Å². The second-order valence-electron chi connectivity index (χ2n) is 6.37. The van der Waals surface area contributed by atoms with E-state index in [0.29, 0.717) is 5.69 Å². The number of benzene rings is 1. The van der Waals surface area contributed by atoms with Crippen molar-refractivity contribution in [3.05, 3.63) is 24.3 Å². The van der Waals surface area contributed by atoms with Crippen molar-refractivity contribution in [2.75, 3.05) is 11.2 Å². The van der Waals surface area contributed by atoms with E-state index < -0.39 is 36.0 Å². The molecule has 1 rings (SSSR count). The molecule has 3 N–H and O–H groups in total. The molecule has 0 aliphatic rings. The van der Waals surface area contributed by atoms with Gasteiger partial charge in [-0.15, -0.1) is 11.8 Å². The van der Waals surface area contributed by atoms with Gasteiger partial charge in [0.1, 0.15) is 12.1 Å². The van der Waals surface area contributed by atoms with E-state index in [-0.39, 0.29) is 5.92 Å². The van der Waals surface area contributed by atoms with Crippen LogP contribution in [0.5, 0.6) is 0 Å². The van der Waals surface area contributed by atoms with Gasteiger partial charge in [0.25, 0.3) is 0 Å². The van der Waals surface area contributed by atoms with Gasteiger partial charge in [-0.25, -0.2) is 4.79 Å². The van der Waals surface area contributed by atoms with Gasteiger partial charge in [0.05, 0.1) is 6.04 Å². The highest BCUT2D eigenvalue weighted by atomic mass is 32.2. The minimum atomic E-state index is -1.14. The van der Waals surface area contributed by atoms with Crippen LogP contribution in [0.1, 0.15) is 27.7 Å². The molecule has 144 valence electrons. The maximum Gasteiger partial charge on any atom is 0.326 e. The predicted molar refractivity (Wildman–Crippen MR) is 102 cm³/mol. The number of carboxylic acids is 2. The van der Waals surface area contributed by atoms with Crippen molar-refractivity contribution < 1.29 is 24.6 Å². The Hall–Kier alpha value is -2.06. The summed E-state index contributed by atoms with van der Waals surface area (Å²) in [6.07, 6.45) is 1.89. The Labute approximate surface area is 157 Å². The number of nitrogens with one attached hydrogen (secondary N) is 1. The topological polar surface area (TPSA) is 107 Å². The number of carbonyl (C=O) groups is 3. The van der Waals surface area contributed by atoms with Crippen LogP contribution in [-0.2, 0) is 14.4 Å². The first-order valence-electron chi connectivity index (χ1n) is 8.28. The number of aliphatic carboxylic acids is 2. The van der Waals surface area contributed by atoms with E-state index in [1.54, 1.807) is 32.0 Å². The molecule has 1 aromatic rings. The SMILES string of the molecule is CSc1cccc(N(C(=O)[C@@H](N[C@@H](C)C(=O)O)C(C)C)[C@@H](C)C(=O)O)c1. The zero-order valence-corrected chi connectivity index (χ0v) is 16.4. The molecular weight excluding hydrogens is 356 g/mol. The maximum atomic E-state index is 13.2. The number of carbonyl (C=O) groups excluding carboxylic acids is 1. The fourth-order valence-electron chi connectivity index (χ4n) is 2.45. The van der Waals surface area contributed by atoms with Crippen LogP contribution in [0.25, 0.3) is 0 Å².